The summed E-state index contributed by atoms with van der Waals surface area (Å²) in [5.41, 5.74) is 1.13. The quantitative estimate of drug-likeness (QED) is 0.754. The molecular weight excluding hydrogens is 198 g/mol. The molecule has 16 heavy (non-hydrogen) atoms. The Morgan fingerprint density at radius 3 is 2.56 bits per heavy atom. The standard InChI is InChI=1S/C14H19NO/c1-4-11(2)10-14(16)15-12(3)13-8-6-5-7-9-13/h4-9,11-12H,1,10H2,2-3H3,(H,15,16)/t11-,12-/m0/s1. The van der Waals surface area contributed by atoms with Crippen molar-refractivity contribution < 1.29 is 4.79 Å². The van der Waals surface area contributed by atoms with Crippen LogP contribution in [-0.2, 0) is 4.79 Å². The number of benzene rings is 1. The van der Waals surface area contributed by atoms with E-state index in [0.29, 0.717) is 6.42 Å². The van der Waals surface area contributed by atoms with Gasteiger partial charge in [-0.15, -0.1) is 6.58 Å². The van der Waals surface area contributed by atoms with Crippen LogP contribution in [0.15, 0.2) is 43.0 Å². The molecule has 0 saturated carbocycles. The van der Waals surface area contributed by atoms with E-state index in [0.717, 1.165) is 5.56 Å². The van der Waals surface area contributed by atoms with Gasteiger partial charge in [0, 0.05) is 6.42 Å². The van der Waals surface area contributed by atoms with Crippen LogP contribution in [0.25, 0.3) is 0 Å². The lowest BCUT2D eigenvalue weighted by Crippen LogP contribution is -2.27. The molecule has 0 aliphatic heterocycles. The van der Waals surface area contributed by atoms with E-state index in [2.05, 4.69) is 11.9 Å². The predicted octanol–water partition coefficient (Wildman–Crippen LogP) is 3.08. The molecule has 0 radical (unpaired) electrons. The fourth-order valence-electron chi connectivity index (χ4n) is 1.50. The zero-order valence-corrected chi connectivity index (χ0v) is 9.94. The highest BCUT2D eigenvalue weighted by Crippen LogP contribution is 2.12. The van der Waals surface area contributed by atoms with Crippen molar-refractivity contribution in [1.82, 2.24) is 5.32 Å². The summed E-state index contributed by atoms with van der Waals surface area (Å²) >= 11 is 0. The highest BCUT2D eigenvalue weighted by molar-refractivity contribution is 5.76. The number of carbonyl (C=O) groups is 1. The summed E-state index contributed by atoms with van der Waals surface area (Å²) in [6.45, 7) is 7.65. The minimum atomic E-state index is 0.0608. The number of allylic oxidation sites excluding steroid dienone is 1. The Bertz CT molecular complexity index is 345. The minimum Gasteiger partial charge on any atom is -0.350 e. The molecule has 0 bridgehead atoms. The van der Waals surface area contributed by atoms with E-state index in [9.17, 15) is 4.79 Å². The summed E-state index contributed by atoms with van der Waals surface area (Å²) < 4.78 is 0. The third kappa shape index (κ3) is 3.89. The molecule has 0 saturated heterocycles. The lowest BCUT2D eigenvalue weighted by atomic mass is 10.1. The molecule has 0 aromatic heterocycles. The maximum atomic E-state index is 11.6. The first kappa shape index (κ1) is 12.5. The molecule has 0 fully saturated rings. The van der Waals surface area contributed by atoms with Gasteiger partial charge >= 0.3 is 0 Å². The molecule has 0 heterocycles. The van der Waals surface area contributed by atoms with Gasteiger partial charge in [0.15, 0.2) is 0 Å². The van der Waals surface area contributed by atoms with Gasteiger partial charge < -0.3 is 5.32 Å². The van der Waals surface area contributed by atoms with E-state index in [1.807, 2.05) is 44.2 Å². The van der Waals surface area contributed by atoms with Crippen LogP contribution < -0.4 is 5.32 Å². The molecule has 1 amide bonds. The lowest BCUT2D eigenvalue weighted by molar-refractivity contribution is -0.122. The van der Waals surface area contributed by atoms with Crippen molar-refractivity contribution >= 4 is 5.91 Å². The summed E-state index contributed by atoms with van der Waals surface area (Å²) in [5.74, 6) is 0.298. The summed E-state index contributed by atoms with van der Waals surface area (Å²) in [6, 6.07) is 10.0. The molecule has 2 heteroatoms. The molecule has 2 atom stereocenters. The van der Waals surface area contributed by atoms with Gasteiger partial charge in [0.25, 0.3) is 0 Å². The number of nitrogens with one attached hydrogen (secondary N) is 1. The highest BCUT2D eigenvalue weighted by Gasteiger charge is 2.10. The smallest absolute Gasteiger partial charge is 0.221 e. The topological polar surface area (TPSA) is 29.1 Å². The van der Waals surface area contributed by atoms with E-state index < -0.39 is 0 Å². The van der Waals surface area contributed by atoms with Crippen LogP contribution in [0.4, 0.5) is 0 Å². The van der Waals surface area contributed by atoms with E-state index in [-0.39, 0.29) is 17.9 Å². The Hall–Kier alpha value is -1.57. The van der Waals surface area contributed by atoms with Crippen LogP contribution >= 0.6 is 0 Å². The van der Waals surface area contributed by atoms with E-state index >= 15 is 0 Å². The number of hydrogen-bond acceptors (Lipinski definition) is 1. The van der Waals surface area contributed by atoms with E-state index in [1.165, 1.54) is 0 Å². The molecular formula is C14H19NO. The van der Waals surface area contributed by atoms with Crippen molar-refractivity contribution in [2.45, 2.75) is 26.3 Å². The Labute approximate surface area is 97.4 Å². The summed E-state index contributed by atoms with van der Waals surface area (Å²) in [5, 5.41) is 2.97. The van der Waals surface area contributed by atoms with Crippen LogP contribution in [0.3, 0.4) is 0 Å². The van der Waals surface area contributed by atoms with Crippen LogP contribution in [0.2, 0.25) is 0 Å². The van der Waals surface area contributed by atoms with Crippen LogP contribution in [-0.4, -0.2) is 5.91 Å². The average Bonchev–Trinajstić information content (AvgIpc) is 2.29. The third-order valence-corrected chi connectivity index (χ3v) is 2.59. The number of hydrogen-bond donors (Lipinski definition) is 1. The molecule has 0 aliphatic carbocycles. The van der Waals surface area contributed by atoms with Crippen molar-refractivity contribution in [2.75, 3.05) is 0 Å². The van der Waals surface area contributed by atoms with Crippen molar-refractivity contribution in [2.24, 2.45) is 5.92 Å². The normalized spacial score (nSPS) is 13.9. The first-order valence-corrected chi connectivity index (χ1v) is 5.60. The fourth-order valence-corrected chi connectivity index (χ4v) is 1.50. The van der Waals surface area contributed by atoms with Crippen LogP contribution in [0, 0.1) is 5.92 Å². The number of rotatable bonds is 5. The predicted molar refractivity (Wildman–Crippen MR) is 67.0 cm³/mol. The number of amides is 1. The van der Waals surface area contributed by atoms with Crippen molar-refractivity contribution in [3.05, 3.63) is 48.6 Å². The highest BCUT2D eigenvalue weighted by atomic mass is 16.1. The second kappa shape index (κ2) is 6.11. The molecule has 0 aliphatic rings. The van der Waals surface area contributed by atoms with Crippen LogP contribution in [0.5, 0.6) is 0 Å². The third-order valence-electron chi connectivity index (χ3n) is 2.59. The van der Waals surface area contributed by atoms with Gasteiger partial charge in [-0.2, -0.15) is 0 Å². The van der Waals surface area contributed by atoms with Gasteiger partial charge in [0.05, 0.1) is 6.04 Å². The van der Waals surface area contributed by atoms with Crippen molar-refractivity contribution in [3.63, 3.8) is 0 Å². The van der Waals surface area contributed by atoms with Crippen molar-refractivity contribution in [1.29, 1.82) is 0 Å². The van der Waals surface area contributed by atoms with Gasteiger partial charge in [-0.1, -0.05) is 43.3 Å². The first-order chi connectivity index (χ1) is 7.63. The van der Waals surface area contributed by atoms with Gasteiger partial charge in [0.2, 0.25) is 5.91 Å². The van der Waals surface area contributed by atoms with E-state index in [1.54, 1.807) is 6.08 Å². The largest absolute Gasteiger partial charge is 0.350 e. The SMILES string of the molecule is C=C[C@H](C)CC(=O)N[C@@H](C)c1ccccc1. The lowest BCUT2D eigenvalue weighted by Gasteiger charge is -2.15. The zero-order chi connectivity index (χ0) is 12.0. The molecule has 1 N–H and O–H groups in total. The second-order valence-electron chi connectivity index (χ2n) is 4.12. The molecule has 1 aromatic rings. The second-order valence-corrected chi connectivity index (χ2v) is 4.12. The van der Waals surface area contributed by atoms with Gasteiger partial charge in [0.1, 0.15) is 0 Å². The summed E-state index contributed by atoms with van der Waals surface area (Å²) in [6.07, 6.45) is 2.30. The fraction of sp³-hybridized carbons (Fsp3) is 0.357. The zero-order valence-electron chi connectivity index (χ0n) is 9.94. The maximum absolute atomic E-state index is 11.6. The Kier molecular flexibility index (Phi) is 4.77. The number of carbonyl (C=O) groups excluding carboxylic acids is 1. The van der Waals surface area contributed by atoms with Gasteiger partial charge in [-0.05, 0) is 18.4 Å². The average molecular weight is 217 g/mol. The summed E-state index contributed by atoms with van der Waals surface area (Å²) in [4.78, 5) is 11.6. The Morgan fingerprint density at radius 2 is 2.00 bits per heavy atom. The Balaban J connectivity index is 2.49. The molecule has 2 nitrogen and oxygen atoms in total. The maximum Gasteiger partial charge on any atom is 0.221 e. The van der Waals surface area contributed by atoms with E-state index in [4.69, 9.17) is 0 Å². The molecule has 0 unspecified atom stereocenters. The molecule has 1 rings (SSSR count). The monoisotopic (exact) mass is 217 g/mol. The van der Waals surface area contributed by atoms with Gasteiger partial charge in [-0.25, -0.2) is 0 Å². The molecule has 0 spiro atoms. The molecule has 1 aromatic carbocycles. The van der Waals surface area contributed by atoms with Crippen molar-refractivity contribution in [3.8, 4) is 0 Å². The van der Waals surface area contributed by atoms with Gasteiger partial charge in [-0.3, -0.25) is 4.79 Å². The first-order valence-electron chi connectivity index (χ1n) is 5.60. The Morgan fingerprint density at radius 1 is 1.38 bits per heavy atom. The summed E-state index contributed by atoms with van der Waals surface area (Å²) in [7, 11) is 0. The van der Waals surface area contributed by atoms with Crippen LogP contribution in [0.1, 0.15) is 31.9 Å². The minimum absolute atomic E-state index is 0.0608. The molecule has 86 valence electrons.